The summed E-state index contributed by atoms with van der Waals surface area (Å²) in [5.74, 6) is -1.85. The average Bonchev–Trinajstić information content (AvgIpc) is 2.57. The first kappa shape index (κ1) is 17.4. The third-order valence-corrected chi connectivity index (χ3v) is 3.58. The smallest absolute Gasteiger partial charge is 0.336 e. The van der Waals surface area contributed by atoms with Crippen molar-refractivity contribution < 1.29 is 24.2 Å². The van der Waals surface area contributed by atoms with Gasteiger partial charge < -0.3 is 20.9 Å². The van der Waals surface area contributed by atoms with Crippen molar-refractivity contribution in [3.05, 3.63) is 42.0 Å². The van der Waals surface area contributed by atoms with Gasteiger partial charge in [0, 0.05) is 12.1 Å². The number of rotatable bonds is 6. The molecule has 7 nitrogen and oxygen atoms in total. The molecule has 0 radical (unpaired) electrons. The maximum atomic E-state index is 11.9. The minimum absolute atomic E-state index is 0.0729. The standard InChI is InChI=1S/C17H18N2O5/c1-24-17(23)14(18)7-8-15(20)19-11-5-6-12-10(9-11)3-2-4-13(12)16(21)22/h2-6,9,14H,7-8,18H2,1H3,(H,19,20)(H,21,22)/t14-/m0/s1. The number of carbonyl (C=O) groups is 3. The Morgan fingerprint density at radius 1 is 1.25 bits per heavy atom. The Bertz CT molecular complexity index is 788. The number of anilines is 1. The highest BCUT2D eigenvalue weighted by Gasteiger charge is 2.15. The number of aromatic carboxylic acids is 1. The van der Waals surface area contributed by atoms with Gasteiger partial charge in [0.1, 0.15) is 6.04 Å². The van der Waals surface area contributed by atoms with E-state index in [2.05, 4.69) is 10.1 Å². The van der Waals surface area contributed by atoms with Crippen LogP contribution in [0.15, 0.2) is 36.4 Å². The molecular formula is C17H18N2O5. The summed E-state index contributed by atoms with van der Waals surface area (Å²) in [6.45, 7) is 0. The van der Waals surface area contributed by atoms with Crippen molar-refractivity contribution in [3.8, 4) is 0 Å². The van der Waals surface area contributed by atoms with Gasteiger partial charge >= 0.3 is 11.9 Å². The number of carboxylic acids is 1. The summed E-state index contributed by atoms with van der Waals surface area (Å²) < 4.78 is 4.50. The molecule has 0 aliphatic carbocycles. The Morgan fingerprint density at radius 2 is 2.00 bits per heavy atom. The van der Waals surface area contributed by atoms with Crippen molar-refractivity contribution >= 4 is 34.3 Å². The van der Waals surface area contributed by atoms with Gasteiger partial charge in [-0.15, -0.1) is 0 Å². The quantitative estimate of drug-likeness (QED) is 0.694. The number of benzene rings is 2. The zero-order chi connectivity index (χ0) is 17.7. The van der Waals surface area contributed by atoms with Crippen LogP contribution in [0.3, 0.4) is 0 Å². The summed E-state index contributed by atoms with van der Waals surface area (Å²) in [6, 6.07) is 9.08. The first-order chi connectivity index (χ1) is 11.4. The van der Waals surface area contributed by atoms with E-state index in [0.29, 0.717) is 16.5 Å². The van der Waals surface area contributed by atoms with Gasteiger partial charge in [0.2, 0.25) is 5.91 Å². The maximum Gasteiger partial charge on any atom is 0.336 e. The van der Waals surface area contributed by atoms with Gasteiger partial charge in [-0.3, -0.25) is 9.59 Å². The van der Waals surface area contributed by atoms with Crippen LogP contribution in [0.1, 0.15) is 23.2 Å². The summed E-state index contributed by atoms with van der Waals surface area (Å²) in [5, 5.41) is 13.2. The fourth-order valence-electron chi connectivity index (χ4n) is 2.33. The number of amides is 1. The summed E-state index contributed by atoms with van der Waals surface area (Å²) in [6.07, 6.45) is 0.249. The van der Waals surface area contributed by atoms with E-state index in [1.165, 1.54) is 13.2 Å². The average molecular weight is 330 g/mol. The molecule has 1 amide bonds. The molecule has 0 heterocycles. The Hall–Kier alpha value is -2.93. The fraction of sp³-hybridized carbons (Fsp3) is 0.235. The minimum atomic E-state index is -1.01. The van der Waals surface area contributed by atoms with E-state index in [0.717, 1.165) is 0 Å². The Labute approximate surface area is 138 Å². The van der Waals surface area contributed by atoms with Gasteiger partial charge in [0.25, 0.3) is 0 Å². The second-order valence-electron chi connectivity index (χ2n) is 5.26. The molecule has 1 atom stereocenters. The van der Waals surface area contributed by atoms with Crippen molar-refractivity contribution in [1.82, 2.24) is 0 Å². The lowest BCUT2D eigenvalue weighted by Crippen LogP contribution is -2.32. The van der Waals surface area contributed by atoms with Crippen LogP contribution in [0.25, 0.3) is 10.8 Å². The SMILES string of the molecule is COC(=O)[C@@H](N)CCC(=O)Nc1ccc2c(C(=O)O)cccc2c1. The number of nitrogens with one attached hydrogen (secondary N) is 1. The summed E-state index contributed by atoms with van der Waals surface area (Å²) in [5.41, 5.74) is 6.33. The van der Waals surface area contributed by atoms with Crippen molar-refractivity contribution in [1.29, 1.82) is 0 Å². The molecule has 0 aliphatic heterocycles. The molecule has 4 N–H and O–H groups in total. The molecule has 7 heteroatoms. The van der Waals surface area contributed by atoms with Crippen LogP contribution in [-0.4, -0.2) is 36.1 Å². The molecule has 0 aliphatic rings. The fourth-order valence-corrected chi connectivity index (χ4v) is 2.33. The molecule has 0 aromatic heterocycles. The number of carbonyl (C=O) groups excluding carboxylic acids is 2. The monoisotopic (exact) mass is 330 g/mol. The van der Waals surface area contributed by atoms with E-state index in [4.69, 9.17) is 10.8 Å². The number of esters is 1. The molecule has 0 unspecified atom stereocenters. The van der Waals surface area contributed by atoms with Gasteiger partial charge in [-0.2, -0.15) is 0 Å². The second kappa shape index (κ2) is 7.56. The number of nitrogens with two attached hydrogens (primary N) is 1. The largest absolute Gasteiger partial charge is 0.478 e. The van der Waals surface area contributed by atoms with E-state index in [1.54, 1.807) is 30.3 Å². The van der Waals surface area contributed by atoms with E-state index in [9.17, 15) is 14.4 Å². The lowest BCUT2D eigenvalue weighted by Gasteiger charge is -2.10. The molecule has 0 bridgehead atoms. The third kappa shape index (κ3) is 4.08. The molecule has 0 fully saturated rings. The van der Waals surface area contributed by atoms with Crippen molar-refractivity contribution in [2.45, 2.75) is 18.9 Å². The van der Waals surface area contributed by atoms with Crippen molar-refractivity contribution in [3.63, 3.8) is 0 Å². The molecule has 2 aromatic carbocycles. The molecule has 2 aromatic rings. The predicted octanol–water partition coefficient (Wildman–Crippen LogP) is 1.76. The van der Waals surface area contributed by atoms with Crippen LogP contribution in [-0.2, 0) is 14.3 Å². The zero-order valence-electron chi connectivity index (χ0n) is 13.1. The van der Waals surface area contributed by atoms with E-state index < -0.39 is 18.0 Å². The predicted molar refractivity (Wildman–Crippen MR) is 88.8 cm³/mol. The zero-order valence-corrected chi connectivity index (χ0v) is 13.1. The van der Waals surface area contributed by atoms with Gasteiger partial charge in [-0.1, -0.05) is 18.2 Å². The highest BCUT2D eigenvalue weighted by Crippen LogP contribution is 2.23. The van der Waals surface area contributed by atoms with Crippen molar-refractivity contribution in [2.75, 3.05) is 12.4 Å². The van der Waals surface area contributed by atoms with E-state index >= 15 is 0 Å². The summed E-state index contributed by atoms with van der Waals surface area (Å²) >= 11 is 0. The topological polar surface area (TPSA) is 119 Å². The van der Waals surface area contributed by atoms with Crippen LogP contribution in [0.4, 0.5) is 5.69 Å². The second-order valence-corrected chi connectivity index (χ2v) is 5.26. The Balaban J connectivity index is 2.06. The third-order valence-electron chi connectivity index (χ3n) is 3.58. The lowest BCUT2D eigenvalue weighted by molar-refractivity contribution is -0.142. The number of hydrogen-bond acceptors (Lipinski definition) is 5. The van der Waals surface area contributed by atoms with Gasteiger partial charge in [0.15, 0.2) is 0 Å². The normalized spacial score (nSPS) is 11.8. The highest BCUT2D eigenvalue weighted by atomic mass is 16.5. The molecular weight excluding hydrogens is 312 g/mol. The molecule has 0 saturated carbocycles. The maximum absolute atomic E-state index is 11.9. The highest BCUT2D eigenvalue weighted by molar-refractivity contribution is 6.05. The number of methoxy groups -OCH3 is 1. The van der Waals surface area contributed by atoms with Gasteiger partial charge in [0.05, 0.1) is 12.7 Å². The first-order valence-electron chi connectivity index (χ1n) is 7.31. The number of carboxylic acid groups (broad SMARTS) is 1. The van der Waals surface area contributed by atoms with Crippen LogP contribution in [0, 0.1) is 0 Å². The van der Waals surface area contributed by atoms with Gasteiger partial charge in [-0.05, 0) is 35.4 Å². The first-order valence-corrected chi connectivity index (χ1v) is 7.31. The van der Waals surface area contributed by atoms with Crippen LogP contribution in [0.5, 0.6) is 0 Å². The van der Waals surface area contributed by atoms with Crippen molar-refractivity contribution in [2.24, 2.45) is 5.73 Å². The van der Waals surface area contributed by atoms with Crippen LogP contribution in [0.2, 0.25) is 0 Å². The lowest BCUT2D eigenvalue weighted by atomic mass is 10.0. The Morgan fingerprint density at radius 3 is 2.67 bits per heavy atom. The number of ether oxygens (including phenoxy) is 1. The molecule has 126 valence electrons. The number of fused-ring (bicyclic) bond motifs is 1. The molecule has 24 heavy (non-hydrogen) atoms. The minimum Gasteiger partial charge on any atom is -0.478 e. The summed E-state index contributed by atoms with van der Waals surface area (Å²) in [4.78, 5) is 34.3. The van der Waals surface area contributed by atoms with Crippen LogP contribution < -0.4 is 11.1 Å². The number of hydrogen-bond donors (Lipinski definition) is 3. The molecule has 0 saturated heterocycles. The summed E-state index contributed by atoms with van der Waals surface area (Å²) in [7, 11) is 1.24. The van der Waals surface area contributed by atoms with E-state index in [1.807, 2.05) is 0 Å². The van der Waals surface area contributed by atoms with Gasteiger partial charge in [-0.25, -0.2) is 4.79 Å². The molecule has 2 rings (SSSR count). The molecule has 0 spiro atoms. The Kier molecular flexibility index (Phi) is 5.49. The van der Waals surface area contributed by atoms with Crippen LogP contribution >= 0.6 is 0 Å². The van der Waals surface area contributed by atoms with E-state index in [-0.39, 0.29) is 24.3 Å².